The summed E-state index contributed by atoms with van der Waals surface area (Å²) in [6.45, 7) is 2.48. The van der Waals surface area contributed by atoms with Gasteiger partial charge >= 0.3 is 5.97 Å². The van der Waals surface area contributed by atoms with Crippen LogP contribution in [0.25, 0.3) is 0 Å². The van der Waals surface area contributed by atoms with Crippen LogP contribution in [0.3, 0.4) is 0 Å². The largest absolute Gasteiger partial charge is 0.496 e. The van der Waals surface area contributed by atoms with E-state index >= 15 is 0 Å². The Kier molecular flexibility index (Phi) is 5.03. The molecule has 1 aliphatic heterocycles. The highest BCUT2D eigenvalue weighted by Gasteiger charge is 2.41. The summed E-state index contributed by atoms with van der Waals surface area (Å²) >= 11 is 1.50. The highest BCUT2D eigenvalue weighted by Crippen LogP contribution is 2.37. The molecule has 3 rings (SSSR count). The quantitative estimate of drug-likeness (QED) is 0.885. The lowest BCUT2D eigenvalue weighted by Crippen LogP contribution is -2.31. The molecule has 1 fully saturated rings. The number of carboxylic acids is 1. The fourth-order valence-corrected chi connectivity index (χ4v) is 3.91. The van der Waals surface area contributed by atoms with Crippen molar-refractivity contribution >= 4 is 23.2 Å². The number of aliphatic carboxylic acids is 1. The summed E-state index contributed by atoms with van der Waals surface area (Å²) < 4.78 is 5.37. The first-order valence-electron chi connectivity index (χ1n) is 8.04. The summed E-state index contributed by atoms with van der Waals surface area (Å²) in [7, 11) is 1.57. The average molecular weight is 360 g/mol. The van der Waals surface area contributed by atoms with E-state index in [0.29, 0.717) is 12.3 Å². The number of likely N-dealkylation sites (tertiary alicyclic amines) is 1. The number of aryl methyl sites for hydroxylation is 1. The van der Waals surface area contributed by atoms with E-state index in [9.17, 15) is 14.7 Å². The van der Waals surface area contributed by atoms with Crippen molar-refractivity contribution in [2.24, 2.45) is 5.92 Å². The first-order valence-corrected chi connectivity index (χ1v) is 8.92. The molecular weight excluding hydrogens is 340 g/mol. The Bertz CT molecular complexity index is 789. The van der Waals surface area contributed by atoms with Gasteiger partial charge in [-0.1, -0.05) is 18.2 Å². The van der Waals surface area contributed by atoms with Gasteiger partial charge in [-0.3, -0.25) is 9.59 Å². The normalized spacial score (nSPS) is 19.8. The summed E-state index contributed by atoms with van der Waals surface area (Å²) in [4.78, 5) is 30.3. The van der Waals surface area contributed by atoms with E-state index < -0.39 is 11.9 Å². The van der Waals surface area contributed by atoms with Gasteiger partial charge in [-0.15, -0.1) is 11.3 Å². The Morgan fingerprint density at radius 2 is 2.12 bits per heavy atom. The van der Waals surface area contributed by atoms with Crippen molar-refractivity contribution in [3.63, 3.8) is 0 Å². The highest BCUT2D eigenvalue weighted by molar-refractivity contribution is 7.09. The molecular formula is C18H20N2O4S. The van der Waals surface area contributed by atoms with E-state index in [2.05, 4.69) is 4.98 Å². The molecule has 6 nitrogen and oxygen atoms in total. The Balaban J connectivity index is 1.80. The Labute approximate surface area is 150 Å². The third-order valence-corrected chi connectivity index (χ3v) is 5.35. The molecule has 2 aromatic rings. The van der Waals surface area contributed by atoms with Crippen LogP contribution in [0.5, 0.6) is 5.75 Å². The summed E-state index contributed by atoms with van der Waals surface area (Å²) in [6, 6.07) is 7.40. The zero-order valence-corrected chi connectivity index (χ0v) is 15.0. The molecule has 25 heavy (non-hydrogen) atoms. The number of carbonyl (C=O) groups excluding carboxylic acids is 1. The van der Waals surface area contributed by atoms with Crippen LogP contribution >= 0.6 is 11.3 Å². The fourth-order valence-electron chi connectivity index (χ4n) is 3.30. The smallest absolute Gasteiger partial charge is 0.308 e. The van der Waals surface area contributed by atoms with E-state index in [1.165, 1.54) is 11.3 Å². The molecule has 1 N–H and O–H groups in total. The van der Waals surface area contributed by atoms with E-state index in [4.69, 9.17) is 4.74 Å². The Morgan fingerprint density at radius 1 is 1.36 bits per heavy atom. The van der Waals surface area contributed by atoms with Crippen LogP contribution in [0.2, 0.25) is 0 Å². The van der Waals surface area contributed by atoms with Crippen LogP contribution in [0, 0.1) is 12.8 Å². The number of nitrogens with zero attached hydrogens (tertiary/aromatic N) is 2. The maximum Gasteiger partial charge on any atom is 0.308 e. The molecule has 1 saturated heterocycles. The van der Waals surface area contributed by atoms with Gasteiger partial charge in [-0.05, 0) is 18.6 Å². The van der Waals surface area contributed by atoms with E-state index in [1.807, 2.05) is 36.6 Å². The predicted molar refractivity (Wildman–Crippen MR) is 94.0 cm³/mol. The van der Waals surface area contributed by atoms with Gasteiger partial charge in [0.2, 0.25) is 5.91 Å². The van der Waals surface area contributed by atoms with Crippen LogP contribution < -0.4 is 4.74 Å². The maximum atomic E-state index is 12.6. The van der Waals surface area contributed by atoms with Crippen LogP contribution in [0.4, 0.5) is 0 Å². The molecule has 0 spiro atoms. The number of rotatable bonds is 5. The van der Waals surface area contributed by atoms with Crippen LogP contribution in [0.1, 0.15) is 22.2 Å². The second-order valence-corrected chi connectivity index (χ2v) is 7.19. The summed E-state index contributed by atoms with van der Waals surface area (Å²) in [5.41, 5.74) is 1.57. The first-order chi connectivity index (χ1) is 12.0. The maximum absolute atomic E-state index is 12.6. The van der Waals surface area contributed by atoms with Gasteiger partial charge in [-0.2, -0.15) is 0 Å². The number of carboxylic acid groups (broad SMARTS) is 1. The number of amides is 1. The predicted octanol–water partition coefficient (Wildman–Crippen LogP) is 2.33. The first kappa shape index (κ1) is 17.4. The highest BCUT2D eigenvalue weighted by atomic mass is 32.1. The summed E-state index contributed by atoms with van der Waals surface area (Å²) in [5, 5.41) is 12.4. The number of hydrogen-bond donors (Lipinski definition) is 1. The van der Waals surface area contributed by atoms with E-state index in [0.717, 1.165) is 16.3 Å². The van der Waals surface area contributed by atoms with E-state index in [-0.39, 0.29) is 24.8 Å². The van der Waals surface area contributed by atoms with Crippen molar-refractivity contribution in [1.82, 2.24) is 9.88 Å². The van der Waals surface area contributed by atoms with Crippen LogP contribution in [-0.2, 0) is 16.0 Å². The minimum absolute atomic E-state index is 0.0889. The third kappa shape index (κ3) is 3.66. The zero-order chi connectivity index (χ0) is 18.0. The number of aromatic nitrogens is 1. The van der Waals surface area contributed by atoms with Gasteiger partial charge in [0, 0.05) is 24.4 Å². The second-order valence-electron chi connectivity index (χ2n) is 6.13. The lowest BCUT2D eigenvalue weighted by molar-refractivity contribution is -0.141. The number of ether oxygens (including phenoxy) is 1. The van der Waals surface area contributed by atoms with Gasteiger partial charge in [0.15, 0.2) is 0 Å². The molecule has 0 radical (unpaired) electrons. The molecule has 0 saturated carbocycles. The number of para-hydroxylation sites is 1. The lowest BCUT2D eigenvalue weighted by Gasteiger charge is -2.18. The summed E-state index contributed by atoms with van der Waals surface area (Å²) in [6.07, 6.45) is 0.204. The van der Waals surface area contributed by atoms with Gasteiger partial charge in [-0.25, -0.2) is 4.98 Å². The van der Waals surface area contributed by atoms with Crippen molar-refractivity contribution < 1.29 is 19.4 Å². The topological polar surface area (TPSA) is 79.7 Å². The van der Waals surface area contributed by atoms with Crippen LogP contribution in [0.15, 0.2) is 29.6 Å². The molecule has 2 heterocycles. The number of benzene rings is 1. The van der Waals surface area contributed by atoms with Gasteiger partial charge < -0.3 is 14.7 Å². The fraction of sp³-hybridized carbons (Fsp3) is 0.389. The van der Waals surface area contributed by atoms with Crippen molar-refractivity contribution in [3.8, 4) is 5.75 Å². The molecule has 1 aromatic carbocycles. The molecule has 1 aromatic heterocycles. The molecule has 132 valence electrons. The van der Waals surface area contributed by atoms with Crippen molar-refractivity contribution in [2.75, 3.05) is 20.2 Å². The number of carbonyl (C=O) groups is 2. The SMILES string of the molecule is COc1ccccc1C1CN(C(=O)Cc2csc(C)n2)CC1C(=O)O. The van der Waals surface area contributed by atoms with Crippen molar-refractivity contribution in [2.45, 2.75) is 19.3 Å². The van der Waals surface area contributed by atoms with Crippen LogP contribution in [-0.4, -0.2) is 47.1 Å². The molecule has 1 amide bonds. The van der Waals surface area contributed by atoms with Crippen molar-refractivity contribution in [3.05, 3.63) is 45.9 Å². The molecule has 0 bridgehead atoms. The summed E-state index contributed by atoms with van der Waals surface area (Å²) in [5.74, 6) is -1.25. The molecule has 7 heteroatoms. The molecule has 0 aliphatic carbocycles. The van der Waals surface area contributed by atoms with Gasteiger partial charge in [0.1, 0.15) is 5.75 Å². The monoisotopic (exact) mass is 360 g/mol. The van der Waals surface area contributed by atoms with Gasteiger partial charge in [0.05, 0.1) is 30.2 Å². The molecule has 2 atom stereocenters. The number of thiazole rings is 1. The third-order valence-electron chi connectivity index (χ3n) is 4.53. The van der Waals surface area contributed by atoms with Crippen molar-refractivity contribution in [1.29, 1.82) is 0 Å². The minimum atomic E-state index is -0.893. The lowest BCUT2D eigenvalue weighted by atomic mass is 9.88. The van der Waals surface area contributed by atoms with Gasteiger partial charge in [0.25, 0.3) is 0 Å². The second kappa shape index (κ2) is 7.23. The zero-order valence-electron chi connectivity index (χ0n) is 14.1. The minimum Gasteiger partial charge on any atom is -0.496 e. The Hall–Kier alpha value is -2.41. The average Bonchev–Trinajstić information content (AvgIpc) is 3.21. The standard InChI is InChI=1S/C18H20N2O4S/c1-11-19-12(10-25-11)7-17(21)20-8-14(15(9-20)18(22)23)13-5-3-4-6-16(13)24-2/h3-6,10,14-15H,7-9H2,1-2H3,(H,22,23). The van der Waals surface area contributed by atoms with E-state index in [1.54, 1.807) is 12.0 Å². The molecule has 2 unspecified atom stereocenters. The Morgan fingerprint density at radius 3 is 2.76 bits per heavy atom. The number of hydrogen-bond acceptors (Lipinski definition) is 5. The molecule has 1 aliphatic rings. The number of methoxy groups -OCH3 is 1.